The van der Waals surface area contributed by atoms with Gasteiger partial charge in [0.25, 0.3) is 0 Å². The van der Waals surface area contributed by atoms with E-state index in [-0.39, 0.29) is 11.4 Å². The molecule has 0 fully saturated rings. The molecule has 0 aliphatic carbocycles. The first-order valence-corrected chi connectivity index (χ1v) is 7.31. The van der Waals surface area contributed by atoms with E-state index in [0.717, 1.165) is 15.4 Å². The van der Waals surface area contributed by atoms with Crippen molar-refractivity contribution in [1.29, 1.82) is 0 Å². The fourth-order valence-corrected chi connectivity index (χ4v) is 2.83. The van der Waals surface area contributed by atoms with Gasteiger partial charge >= 0.3 is 5.97 Å². The van der Waals surface area contributed by atoms with E-state index in [2.05, 4.69) is 50.0 Å². The predicted octanol–water partition coefficient (Wildman–Crippen LogP) is 4.20. The molecule has 3 nitrogen and oxygen atoms in total. The van der Waals surface area contributed by atoms with Gasteiger partial charge in [0, 0.05) is 10.4 Å². The molecule has 0 spiro atoms. The van der Waals surface area contributed by atoms with Gasteiger partial charge in [-0.15, -0.1) is 11.3 Å². The lowest BCUT2D eigenvalue weighted by molar-refractivity contribution is 0.0594. The first-order valence-electron chi connectivity index (χ1n) is 6.49. The monoisotopic (exact) mass is 289 g/mol. The molecule has 0 N–H and O–H groups in total. The highest BCUT2D eigenvalue weighted by Crippen LogP contribution is 2.30. The lowest BCUT2D eigenvalue weighted by Crippen LogP contribution is -2.10. The molecule has 0 unspecified atom stereocenters. The number of ether oxygens (including phenoxy) is 1. The highest BCUT2D eigenvalue weighted by Gasteiger charge is 2.17. The highest BCUT2D eigenvalue weighted by atomic mass is 32.1. The maximum atomic E-state index is 11.6. The second-order valence-corrected chi connectivity index (χ2v) is 6.95. The summed E-state index contributed by atoms with van der Waals surface area (Å²) >= 11 is 1.51. The van der Waals surface area contributed by atoms with Crippen molar-refractivity contribution in [3.63, 3.8) is 0 Å². The maximum Gasteiger partial charge on any atom is 0.357 e. The molecule has 1 aromatic heterocycles. The molecular weight excluding hydrogens is 270 g/mol. The van der Waals surface area contributed by atoms with Crippen LogP contribution in [0.15, 0.2) is 24.3 Å². The molecule has 1 aromatic carbocycles. The van der Waals surface area contributed by atoms with Crippen molar-refractivity contribution in [2.45, 2.75) is 33.1 Å². The van der Waals surface area contributed by atoms with Crippen LogP contribution in [-0.2, 0) is 10.2 Å². The second-order valence-electron chi connectivity index (χ2n) is 5.74. The first kappa shape index (κ1) is 14.7. The number of aromatic nitrogens is 1. The van der Waals surface area contributed by atoms with Crippen molar-refractivity contribution >= 4 is 17.3 Å². The minimum absolute atomic E-state index is 0.133. The molecule has 4 heteroatoms. The number of carbonyl (C=O) groups excluding carboxylic acids is 1. The van der Waals surface area contributed by atoms with Gasteiger partial charge in [0.05, 0.1) is 7.11 Å². The Morgan fingerprint density at radius 1 is 1.20 bits per heavy atom. The summed E-state index contributed by atoms with van der Waals surface area (Å²) in [6, 6.07) is 8.34. The molecule has 0 atom stereocenters. The van der Waals surface area contributed by atoms with Crippen molar-refractivity contribution < 1.29 is 9.53 Å². The Kier molecular flexibility index (Phi) is 3.95. The summed E-state index contributed by atoms with van der Waals surface area (Å²) in [4.78, 5) is 16.9. The minimum atomic E-state index is -0.378. The van der Waals surface area contributed by atoms with Gasteiger partial charge in [0.15, 0.2) is 5.69 Å². The van der Waals surface area contributed by atoms with Gasteiger partial charge in [-0.1, -0.05) is 45.0 Å². The Morgan fingerprint density at radius 2 is 1.80 bits per heavy atom. The summed E-state index contributed by atoms with van der Waals surface area (Å²) in [6.07, 6.45) is 0. The quantitative estimate of drug-likeness (QED) is 0.778. The number of hydrogen-bond acceptors (Lipinski definition) is 4. The van der Waals surface area contributed by atoms with Gasteiger partial charge in [-0.05, 0) is 17.9 Å². The number of methoxy groups -OCH3 is 1. The van der Waals surface area contributed by atoms with Gasteiger partial charge in [-0.25, -0.2) is 9.78 Å². The van der Waals surface area contributed by atoms with Gasteiger partial charge in [0.1, 0.15) is 5.01 Å². The van der Waals surface area contributed by atoms with E-state index < -0.39 is 0 Å². The fourth-order valence-electron chi connectivity index (χ4n) is 1.92. The Balaban J connectivity index is 2.35. The van der Waals surface area contributed by atoms with E-state index in [1.165, 1.54) is 24.0 Å². The third kappa shape index (κ3) is 2.90. The van der Waals surface area contributed by atoms with E-state index >= 15 is 0 Å². The van der Waals surface area contributed by atoms with Crippen molar-refractivity contribution in [3.05, 3.63) is 40.4 Å². The molecule has 106 valence electrons. The zero-order valence-corrected chi connectivity index (χ0v) is 13.3. The molecule has 20 heavy (non-hydrogen) atoms. The summed E-state index contributed by atoms with van der Waals surface area (Å²) in [5, 5.41) is 0.850. The summed E-state index contributed by atoms with van der Waals surface area (Å²) in [5.74, 6) is -0.378. The molecular formula is C16H19NO2S. The maximum absolute atomic E-state index is 11.6. The third-order valence-electron chi connectivity index (χ3n) is 3.17. The number of esters is 1. The number of thiazole rings is 1. The summed E-state index contributed by atoms with van der Waals surface area (Å²) in [7, 11) is 1.37. The Bertz CT molecular complexity index is 621. The third-order valence-corrected chi connectivity index (χ3v) is 4.19. The number of benzene rings is 1. The largest absolute Gasteiger partial charge is 0.464 e. The van der Waals surface area contributed by atoms with Crippen LogP contribution in [0, 0.1) is 6.92 Å². The standard InChI is InChI=1S/C16H19NO2S/c1-10-13(15(18)19-5)17-14(20-10)11-6-8-12(9-7-11)16(2,3)4/h6-9H,1-5H3. The average Bonchev–Trinajstić information content (AvgIpc) is 2.79. The van der Waals surface area contributed by atoms with Crippen molar-refractivity contribution in [3.8, 4) is 10.6 Å². The number of nitrogens with zero attached hydrogens (tertiary/aromatic N) is 1. The average molecular weight is 289 g/mol. The van der Waals surface area contributed by atoms with E-state index in [4.69, 9.17) is 4.74 Å². The van der Waals surface area contributed by atoms with Crippen LogP contribution >= 0.6 is 11.3 Å². The number of carbonyl (C=O) groups is 1. The van der Waals surface area contributed by atoms with E-state index in [1.807, 2.05) is 6.92 Å². The molecule has 0 saturated carbocycles. The normalized spacial score (nSPS) is 11.4. The summed E-state index contributed by atoms with van der Waals surface area (Å²) in [6.45, 7) is 8.44. The van der Waals surface area contributed by atoms with E-state index in [0.29, 0.717) is 5.69 Å². The number of rotatable bonds is 2. The lowest BCUT2D eigenvalue weighted by Gasteiger charge is -2.18. The van der Waals surface area contributed by atoms with E-state index in [9.17, 15) is 4.79 Å². The van der Waals surface area contributed by atoms with Crippen LogP contribution in [0.25, 0.3) is 10.6 Å². The minimum Gasteiger partial charge on any atom is -0.464 e. The Labute approximate surface area is 123 Å². The number of hydrogen-bond donors (Lipinski definition) is 0. The molecule has 0 amide bonds. The predicted molar refractivity (Wildman–Crippen MR) is 82.3 cm³/mol. The van der Waals surface area contributed by atoms with Crippen molar-refractivity contribution in [1.82, 2.24) is 4.98 Å². The van der Waals surface area contributed by atoms with Crippen LogP contribution in [0.4, 0.5) is 0 Å². The second kappa shape index (κ2) is 5.37. The van der Waals surface area contributed by atoms with Crippen LogP contribution in [0.5, 0.6) is 0 Å². The molecule has 1 heterocycles. The van der Waals surface area contributed by atoms with Gasteiger partial charge in [0.2, 0.25) is 0 Å². The molecule has 0 radical (unpaired) electrons. The molecule has 0 aliphatic rings. The zero-order valence-electron chi connectivity index (χ0n) is 12.5. The highest BCUT2D eigenvalue weighted by molar-refractivity contribution is 7.15. The number of aryl methyl sites for hydroxylation is 1. The van der Waals surface area contributed by atoms with Crippen LogP contribution in [-0.4, -0.2) is 18.1 Å². The molecule has 0 saturated heterocycles. The van der Waals surface area contributed by atoms with Crippen LogP contribution < -0.4 is 0 Å². The van der Waals surface area contributed by atoms with Gasteiger partial charge in [-0.3, -0.25) is 0 Å². The van der Waals surface area contributed by atoms with E-state index in [1.54, 1.807) is 0 Å². The zero-order chi connectivity index (χ0) is 14.9. The molecule has 0 bridgehead atoms. The molecule has 2 aromatic rings. The van der Waals surface area contributed by atoms with Crippen LogP contribution in [0.1, 0.15) is 41.7 Å². The SMILES string of the molecule is COC(=O)c1nc(-c2ccc(C(C)(C)C)cc2)sc1C. The van der Waals surface area contributed by atoms with Crippen LogP contribution in [0.3, 0.4) is 0 Å². The van der Waals surface area contributed by atoms with Crippen LogP contribution in [0.2, 0.25) is 0 Å². The first-order chi connectivity index (χ1) is 9.32. The topological polar surface area (TPSA) is 39.2 Å². The molecule has 2 rings (SSSR count). The summed E-state index contributed by atoms with van der Waals surface area (Å²) in [5.41, 5.74) is 2.85. The summed E-state index contributed by atoms with van der Waals surface area (Å²) < 4.78 is 4.74. The Morgan fingerprint density at radius 3 is 2.30 bits per heavy atom. The smallest absolute Gasteiger partial charge is 0.357 e. The van der Waals surface area contributed by atoms with Crippen molar-refractivity contribution in [2.75, 3.05) is 7.11 Å². The van der Waals surface area contributed by atoms with Crippen molar-refractivity contribution in [2.24, 2.45) is 0 Å². The fraction of sp³-hybridized carbons (Fsp3) is 0.375. The molecule has 0 aliphatic heterocycles. The lowest BCUT2D eigenvalue weighted by atomic mass is 9.87. The van der Waals surface area contributed by atoms with Gasteiger partial charge in [-0.2, -0.15) is 0 Å². The Hall–Kier alpha value is -1.68. The van der Waals surface area contributed by atoms with Gasteiger partial charge < -0.3 is 4.74 Å².